The lowest BCUT2D eigenvalue weighted by Crippen LogP contribution is -2.49. The van der Waals surface area contributed by atoms with Gasteiger partial charge in [0.05, 0.1) is 83.7 Å². The molecule has 2 aliphatic carbocycles. The number of anilines is 2. The van der Waals surface area contributed by atoms with Gasteiger partial charge in [-0.2, -0.15) is 25.8 Å². The number of carbonyl (C=O) groups is 5. The normalized spacial score (nSPS) is 13.8. The number of nitriles is 2. The summed E-state index contributed by atoms with van der Waals surface area (Å²) in [4.78, 5) is 71.7. The lowest BCUT2D eigenvalue weighted by atomic mass is 9.82. The number of benzene rings is 5. The molecule has 116 heavy (non-hydrogen) atoms. The van der Waals surface area contributed by atoms with E-state index in [1.54, 1.807) is 172 Å². The van der Waals surface area contributed by atoms with Crippen LogP contribution in [0.25, 0.3) is 17.1 Å². The average molecular weight is 1620 g/mol. The average Bonchev–Trinajstić information content (AvgIpc) is 0.938. The number of aromatic nitrogens is 8. The number of nitrogens with one attached hydrogen (secondary N) is 5. The number of ether oxygens (including phenoxy) is 2. The van der Waals surface area contributed by atoms with Crippen LogP contribution >= 0.6 is 12.4 Å². The van der Waals surface area contributed by atoms with Crippen molar-refractivity contribution in [1.82, 2.24) is 54.7 Å². The summed E-state index contributed by atoms with van der Waals surface area (Å²) >= 11 is 0. The molecule has 10 aromatic rings. The van der Waals surface area contributed by atoms with Crippen LogP contribution in [-0.4, -0.2) is 94.5 Å². The number of carboxylic acid groups (broad SMARTS) is 1. The third-order valence-corrected chi connectivity index (χ3v) is 20.3. The van der Waals surface area contributed by atoms with Gasteiger partial charge in [-0.3, -0.25) is 9.59 Å². The highest BCUT2D eigenvalue weighted by Crippen LogP contribution is 2.44. The molecule has 2 saturated carbocycles. The van der Waals surface area contributed by atoms with E-state index in [0.29, 0.717) is 87.9 Å². The third kappa shape index (κ3) is 23.4. The summed E-state index contributed by atoms with van der Waals surface area (Å²) in [6, 6.07) is 49.8. The number of halogens is 3. The van der Waals surface area contributed by atoms with Gasteiger partial charge >= 0.3 is 18.2 Å². The van der Waals surface area contributed by atoms with Gasteiger partial charge in [-0.25, -0.2) is 56.1 Å². The van der Waals surface area contributed by atoms with Crippen molar-refractivity contribution in [2.45, 2.75) is 181 Å². The summed E-state index contributed by atoms with van der Waals surface area (Å²) in [5.74, 6) is -2.33. The minimum absolute atomic E-state index is 0. The maximum Gasteiger partial charge on any atom is 0.407 e. The monoisotopic (exact) mass is 1620 g/mol. The van der Waals surface area contributed by atoms with Crippen molar-refractivity contribution in [3.63, 3.8) is 0 Å². The second-order valence-corrected chi connectivity index (χ2v) is 33.6. The Bertz CT molecular complexity index is 5360. The first-order valence-corrected chi connectivity index (χ1v) is 38.9. The van der Waals surface area contributed by atoms with E-state index >= 15 is 8.78 Å². The molecule has 0 bridgehead atoms. The molecule has 5 heterocycles. The van der Waals surface area contributed by atoms with E-state index in [-0.39, 0.29) is 65.3 Å². The van der Waals surface area contributed by atoms with Gasteiger partial charge in [0.1, 0.15) is 57.8 Å². The van der Waals surface area contributed by atoms with Gasteiger partial charge in [0.25, 0.3) is 11.8 Å². The fourth-order valence-electron chi connectivity index (χ4n) is 12.6. The number of nitrogens with zero attached hydrogens (tertiary/aromatic N) is 10. The van der Waals surface area contributed by atoms with Crippen LogP contribution in [0.5, 0.6) is 0 Å². The topological polar surface area (TPSA) is 380 Å². The number of hydrogen-bond donors (Lipinski definition) is 8. The second-order valence-electron chi connectivity index (χ2n) is 31.6. The highest BCUT2D eigenvalue weighted by Gasteiger charge is 2.42. The van der Waals surface area contributed by atoms with Crippen molar-refractivity contribution in [2.24, 2.45) is 23.3 Å². The second kappa shape index (κ2) is 37.6. The fourth-order valence-corrected chi connectivity index (χ4v) is 13.5. The number of aromatic carboxylic acids is 1. The maximum atomic E-state index is 15.6. The molecule has 0 radical (unpaired) electrons. The molecule has 0 saturated heterocycles. The Hall–Kier alpha value is -11.9. The fraction of sp³-hybridized carbons (Fsp3) is 0.349. The quantitative estimate of drug-likeness (QED) is 0.0263. The van der Waals surface area contributed by atoms with Gasteiger partial charge in [-0.1, -0.05) is 86.3 Å². The van der Waals surface area contributed by atoms with Gasteiger partial charge in [0.2, 0.25) is 0 Å². The zero-order valence-corrected chi connectivity index (χ0v) is 68.6. The Kier molecular flexibility index (Phi) is 28.6. The molecular weight excluding hydrogens is 1520 g/mol. The number of carboxylic acids is 1. The van der Waals surface area contributed by atoms with Gasteiger partial charge < -0.3 is 47.3 Å². The lowest BCUT2D eigenvalue weighted by molar-refractivity contribution is 0.0512. The van der Waals surface area contributed by atoms with Crippen molar-refractivity contribution in [3.8, 4) is 29.2 Å². The van der Waals surface area contributed by atoms with E-state index in [9.17, 15) is 43.8 Å². The van der Waals surface area contributed by atoms with Gasteiger partial charge in [0.15, 0.2) is 5.69 Å². The van der Waals surface area contributed by atoms with Crippen molar-refractivity contribution in [2.75, 3.05) is 10.6 Å². The van der Waals surface area contributed by atoms with Gasteiger partial charge in [-0.05, 0) is 252 Å². The summed E-state index contributed by atoms with van der Waals surface area (Å²) in [5, 5.41) is 52.4. The van der Waals surface area contributed by atoms with Crippen molar-refractivity contribution in [3.05, 3.63) is 260 Å². The van der Waals surface area contributed by atoms with Crippen molar-refractivity contribution >= 4 is 64.7 Å². The van der Waals surface area contributed by atoms with E-state index in [0.717, 1.165) is 55.2 Å². The number of alkyl carbamates (subject to hydrolysis) is 2. The Morgan fingerprint density at radius 1 is 0.543 bits per heavy atom. The van der Waals surface area contributed by atoms with Crippen LogP contribution in [0.1, 0.15) is 213 Å². The Morgan fingerprint density at radius 2 is 0.940 bits per heavy atom. The molecule has 0 spiro atoms. The predicted molar refractivity (Wildman–Crippen MR) is 440 cm³/mol. The maximum absolute atomic E-state index is 15.6. The molecule has 608 valence electrons. The standard InChI is InChI=1S/C39H46FN7O4S.C30H30FN7O.C17H21N3O4.ClH/c1-25-20-33(47(45-25)30-12-8-10-27(21-30)24-42-36(49)51-37(2,3)4)35(48)44-32-22-28(16-17-31(32)40)39(19-18-26-14-15-26,46-52(50)38(5,6)7)34-13-9-11-29(23-41)43-34;1-19-14-27(38(37-19)24-6-2-4-21(15-24)17-32)29(39)36-26-16-22(10-11-25(26)31)30(34,13-12-20-8-9-20)28-7-3-5-23(18-33)35-28;1-11-8-14(15(21)22)20(19-11)13-7-5-6-12(9-13)10-18-16(23)24-17(2,3)4;/h8-13,16-17,20-22,26,46H,14-15,18-19,24H2,1-7H3,(H,42,49)(H,44,48);2-7,10-11,14-16,20H,8-9,12-13,17,32,34H2,1H3,(H,36,39);5-9H,10H2,1-4H3,(H,18,23)(H,21,22);1H/t39?,52-;;;/m1.../s1. The summed E-state index contributed by atoms with van der Waals surface area (Å²) in [6.07, 6.45) is 6.16. The number of amides is 4. The third-order valence-electron chi connectivity index (χ3n) is 18.7. The van der Waals surface area contributed by atoms with Crippen LogP contribution < -0.4 is 37.5 Å². The zero-order valence-electron chi connectivity index (χ0n) is 66.9. The molecule has 2 fully saturated rings. The van der Waals surface area contributed by atoms with E-state index in [4.69, 9.17) is 20.9 Å². The molecule has 4 amide bonds. The number of nitrogens with two attached hydrogens (primary N) is 2. The van der Waals surface area contributed by atoms with Crippen LogP contribution in [0.15, 0.2) is 164 Å². The molecule has 26 nitrogen and oxygen atoms in total. The Balaban J connectivity index is 0.000000211. The first kappa shape index (κ1) is 88.1. The SMILES string of the molecule is Cc1cc(C(=O)Nc2cc(C(CCC3CC3)(N[S@](=O)C(C)(C)C)c3cccc(C#N)n3)ccc2F)n(-c2cccc(CNC(=O)OC(C)(C)C)c2)n1.Cc1cc(C(=O)Nc2cc(C(N)(CCC3CC3)c3cccc(C#N)n3)ccc2F)n(-c2cccc(CN)c2)n1.Cc1cc(C(=O)O)n(-c2cccc(CNC(=O)OC(C)(C)C)c2)n1.Cl. The molecule has 0 aliphatic heterocycles. The van der Waals surface area contributed by atoms with Gasteiger partial charge in [0, 0.05) is 19.6 Å². The smallest absolute Gasteiger partial charge is 0.407 e. The molecule has 12 rings (SSSR count). The summed E-state index contributed by atoms with van der Waals surface area (Å²) in [7, 11) is -1.59. The number of aryl methyl sites for hydroxylation is 3. The molecular formula is C86H98ClF2N17O9S. The number of pyridine rings is 2. The van der Waals surface area contributed by atoms with Crippen LogP contribution in [0.4, 0.5) is 29.7 Å². The lowest BCUT2D eigenvalue weighted by Gasteiger charge is -2.37. The largest absolute Gasteiger partial charge is 0.477 e. The van der Waals surface area contributed by atoms with E-state index in [1.807, 2.05) is 57.2 Å². The van der Waals surface area contributed by atoms with E-state index in [2.05, 4.69) is 63.4 Å². The molecule has 5 aromatic carbocycles. The number of rotatable bonds is 25. The van der Waals surface area contributed by atoms with Crippen LogP contribution in [0.2, 0.25) is 0 Å². The van der Waals surface area contributed by atoms with Crippen LogP contribution in [-0.2, 0) is 51.2 Å². The Morgan fingerprint density at radius 3 is 1.37 bits per heavy atom. The van der Waals surface area contributed by atoms with Crippen LogP contribution in [0.3, 0.4) is 0 Å². The molecule has 2 unspecified atom stereocenters. The van der Waals surface area contributed by atoms with Crippen LogP contribution in [0, 0.1) is 66.9 Å². The number of carbonyl (C=O) groups excluding carboxylic acids is 4. The minimum atomic E-state index is -1.59. The first-order chi connectivity index (χ1) is 54.4. The van der Waals surface area contributed by atoms with E-state index in [1.165, 1.54) is 32.2 Å². The molecule has 10 N–H and O–H groups in total. The first-order valence-electron chi connectivity index (χ1n) is 37.7. The van der Waals surface area contributed by atoms with Gasteiger partial charge in [-0.15, -0.1) is 12.4 Å². The predicted octanol–water partition coefficient (Wildman–Crippen LogP) is 15.4. The van der Waals surface area contributed by atoms with E-state index < -0.39 is 79.6 Å². The van der Waals surface area contributed by atoms with Crippen molar-refractivity contribution < 1.29 is 51.5 Å². The summed E-state index contributed by atoms with van der Waals surface area (Å²) in [6.45, 7) is 22.4. The minimum Gasteiger partial charge on any atom is -0.477 e. The Labute approximate surface area is 682 Å². The highest BCUT2D eigenvalue weighted by atomic mass is 35.5. The highest BCUT2D eigenvalue weighted by molar-refractivity contribution is 7.84. The molecule has 2 aliphatic rings. The zero-order chi connectivity index (χ0) is 83.3. The number of hydrogen-bond acceptors (Lipinski definition) is 17. The summed E-state index contributed by atoms with van der Waals surface area (Å²) in [5.41, 5.74) is 18.5. The summed E-state index contributed by atoms with van der Waals surface area (Å²) < 4.78 is 62.1. The molecule has 5 aromatic heterocycles. The molecule has 3 atom stereocenters. The molecule has 30 heteroatoms. The van der Waals surface area contributed by atoms with Crippen molar-refractivity contribution in [1.29, 1.82) is 10.5 Å².